The molecule has 0 radical (unpaired) electrons. The van der Waals surface area contributed by atoms with Gasteiger partial charge in [-0.15, -0.1) is 12.4 Å². The lowest BCUT2D eigenvalue weighted by Crippen LogP contribution is -2.36. The van der Waals surface area contributed by atoms with Gasteiger partial charge < -0.3 is 15.8 Å². The quantitative estimate of drug-likeness (QED) is 0.718. The van der Waals surface area contributed by atoms with Gasteiger partial charge in [-0.2, -0.15) is 0 Å². The smallest absolute Gasteiger partial charge is 0.238 e. The number of anilines is 1. The number of halogens is 1. The Balaban J connectivity index is 0.00000312. The minimum absolute atomic E-state index is 0. The van der Waals surface area contributed by atoms with E-state index in [1.165, 1.54) is 0 Å². The third-order valence-corrected chi connectivity index (χ3v) is 3.52. The third kappa shape index (κ3) is 7.13. The Hall–Kier alpha value is -2.08. The number of nitrogens with zero attached hydrogens (tertiary/aromatic N) is 1. The number of nitrogens with two attached hydrogens (primary N) is 1. The summed E-state index contributed by atoms with van der Waals surface area (Å²) in [5, 5.41) is 2.92. The SMILES string of the molecule is CCOc1ccccc1NC(=O)CN(CCN)Cc1ccccc1.Cl. The summed E-state index contributed by atoms with van der Waals surface area (Å²) in [7, 11) is 0. The van der Waals surface area contributed by atoms with Crippen LogP contribution in [-0.4, -0.2) is 37.0 Å². The molecule has 0 aliphatic rings. The second-order valence-electron chi connectivity index (χ2n) is 5.46. The molecular formula is C19H26ClN3O2. The van der Waals surface area contributed by atoms with Crippen molar-refractivity contribution in [3.05, 3.63) is 60.2 Å². The number of carbonyl (C=O) groups is 1. The lowest BCUT2D eigenvalue weighted by Gasteiger charge is -2.21. The van der Waals surface area contributed by atoms with E-state index in [0.717, 1.165) is 5.56 Å². The Labute approximate surface area is 155 Å². The van der Waals surface area contributed by atoms with Crippen molar-refractivity contribution in [1.82, 2.24) is 4.90 Å². The summed E-state index contributed by atoms with van der Waals surface area (Å²) in [5.41, 5.74) is 7.53. The largest absolute Gasteiger partial charge is 0.492 e. The highest BCUT2D eigenvalue weighted by molar-refractivity contribution is 5.93. The van der Waals surface area contributed by atoms with E-state index < -0.39 is 0 Å². The molecule has 0 bridgehead atoms. The normalized spacial score (nSPS) is 10.2. The molecular weight excluding hydrogens is 338 g/mol. The molecule has 2 rings (SSSR count). The molecule has 25 heavy (non-hydrogen) atoms. The summed E-state index contributed by atoms with van der Waals surface area (Å²) in [4.78, 5) is 14.4. The fourth-order valence-electron chi connectivity index (χ4n) is 2.48. The van der Waals surface area contributed by atoms with Crippen LogP contribution in [0.1, 0.15) is 12.5 Å². The summed E-state index contributed by atoms with van der Waals surface area (Å²) in [5.74, 6) is 0.605. The topological polar surface area (TPSA) is 67.6 Å². The Bertz CT molecular complexity index is 638. The molecule has 0 unspecified atom stereocenters. The van der Waals surface area contributed by atoms with Crippen molar-refractivity contribution >= 4 is 24.0 Å². The van der Waals surface area contributed by atoms with Crippen molar-refractivity contribution in [2.24, 2.45) is 5.73 Å². The van der Waals surface area contributed by atoms with E-state index in [1.807, 2.05) is 66.4 Å². The van der Waals surface area contributed by atoms with Gasteiger partial charge in [0.05, 0.1) is 18.8 Å². The minimum Gasteiger partial charge on any atom is -0.492 e. The average Bonchev–Trinajstić information content (AvgIpc) is 2.58. The van der Waals surface area contributed by atoms with Crippen LogP contribution in [0.2, 0.25) is 0 Å². The molecule has 2 aromatic carbocycles. The zero-order valence-electron chi connectivity index (χ0n) is 14.5. The van der Waals surface area contributed by atoms with E-state index in [-0.39, 0.29) is 24.9 Å². The van der Waals surface area contributed by atoms with Gasteiger partial charge in [-0.3, -0.25) is 9.69 Å². The Morgan fingerprint density at radius 2 is 1.80 bits per heavy atom. The molecule has 2 aromatic rings. The summed E-state index contributed by atoms with van der Waals surface area (Å²) in [6, 6.07) is 17.5. The first-order chi connectivity index (χ1) is 11.7. The molecule has 0 aliphatic carbocycles. The molecule has 0 saturated carbocycles. The van der Waals surface area contributed by atoms with E-state index in [1.54, 1.807) is 0 Å². The van der Waals surface area contributed by atoms with Crippen LogP contribution in [0.3, 0.4) is 0 Å². The van der Waals surface area contributed by atoms with Crippen LogP contribution in [0.4, 0.5) is 5.69 Å². The minimum atomic E-state index is -0.0773. The van der Waals surface area contributed by atoms with Gasteiger partial charge in [0, 0.05) is 19.6 Å². The molecule has 3 N–H and O–H groups in total. The number of nitrogens with one attached hydrogen (secondary N) is 1. The van der Waals surface area contributed by atoms with Gasteiger partial charge in [-0.05, 0) is 24.6 Å². The van der Waals surface area contributed by atoms with Gasteiger partial charge in [0.2, 0.25) is 5.91 Å². The van der Waals surface area contributed by atoms with Gasteiger partial charge >= 0.3 is 0 Å². The molecule has 136 valence electrons. The van der Waals surface area contributed by atoms with Crippen LogP contribution in [0.5, 0.6) is 5.75 Å². The van der Waals surface area contributed by atoms with E-state index in [9.17, 15) is 4.79 Å². The molecule has 0 atom stereocenters. The summed E-state index contributed by atoms with van der Waals surface area (Å²) >= 11 is 0. The third-order valence-electron chi connectivity index (χ3n) is 3.52. The van der Waals surface area contributed by atoms with Crippen molar-refractivity contribution < 1.29 is 9.53 Å². The molecule has 0 spiro atoms. The number of hydrogen-bond acceptors (Lipinski definition) is 4. The number of ether oxygens (including phenoxy) is 1. The van der Waals surface area contributed by atoms with E-state index in [0.29, 0.717) is 37.7 Å². The van der Waals surface area contributed by atoms with Crippen molar-refractivity contribution in [1.29, 1.82) is 0 Å². The van der Waals surface area contributed by atoms with Crippen molar-refractivity contribution in [3.63, 3.8) is 0 Å². The standard InChI is InChI=1S/C19H25N3O2.ClH/c1-2-24-18-11-7-6-10-17(18)21-19(23)15-22(13-12-20)14-16-8-4-3-5-9-16;/h3-11H,2,12-15,20H2,1H3,(H,21,23);1H. The van der Waals surface area contributed by atoms with Crippen LogP contribution >= 0.6 is 12.4 Å². The number of benzene rings is 2. The molecule has 0 heterocycles. The Kier molecular flexibility index (Phi) is 9.62. The van der Waals surface area contributed by atoms with Gasteiger partial charge in [0.15, 0.2) is 0 Å². The lowest BCUT2D eigenvalue weighted by atomic mass is 10.2. The first kappa shape index (κ1) is 21.0. The monoisotopic (exact) mass is 363 g/mol. The summed E-state index contributed by atoms with van der Waals surface area (Å²) in [6.45, 7) is 4.62. The molecule has 0 aliphatic heterocycles. The number of para-hydroxylation sites is 2. The van der Waals surface area contributed by atoms with E-state index in [4.69, 9.17) is 10.5 Å². The predicted octanol–water partition coefficient (Wildman–Crippen LogP) is 2.91. The average molecular weight is 364 g/mol. The maximum absolute atomic E-state index is 12.4. The number of rotatable bonds is 9. The highest BCUT2D eigenvalue weighted by Gasteiger charge is 2.12. The second-order valence-corrected chi connectivity index (χ2v) is 5.46. The fraction of sp³-hybridized carbons (Fsp3) is 0.316. The van der Waals surface area contributed by atoms with Crippen LogP contribution in [0.25, 0.3) is 0 Å². The zero-order chi connectivity index (χ0) is 17.2. The van der Waals surface area contributed by atoms with Crippen molar-refractivity contribution in [2.45, 2.75) is 13.5 Å². The van der Waals surface area contributed by atoms with Crippen LogP contribution in [0, 0.1) is 0 Å². The molecule has 0 aromatic heterocycles. The number of carbonyl (C=O) groups excluding carboxylic acids is 1. The van der Waals surface area contributed by atoms with Crippen LogP contribution in [0.15, 0.2) is 54.6 Å². The lowest BCUT2D eigenvalue weighted by molar-refractivity contribution is -0.117. The second kappa shape index (κ2) is 11.5. The first-order valence-electron chi connectivity index (χ1n) is 8.21. The van der Waals surface area contributed by atoms with Crippen molar-refractivity contribution in [3.8, 4) is 5.75 Å². The molecule has 5 nitrogen and oxygen atoms in total. The van der Waals surface area contributed by atoms with Gasteiger partial charge in [0.1, 0.15) is 5.75 Å². The molecule has 0 fully saturated rings. The fourth-order valence-corrected chi connectivity index (χ4v) is 2.48. The Morgan fingerprint density at radius 1 is 1.12 bits per heavy atom. The van der Waals surface area contributed by atoms with Gasteiger partial charge in [-0.1, -0.05) is 42.5 Å². The van der Waals surface area contributed by atoms with Crippen LogP contribution in [-0.2, 0) is 11.3 Å². The van der Waals surface area contributed by atoms with E-state index in [2.05, 4.69) is 5.32 Å². The number of hydrogen-bond donors (Lipinski definition) is 2. The molecule has 0 saturated heterocycles. The Morgan fingerprint density at radius 3 is 2.48 bits per heavy atom. The maximum Gasteiger partial charge on any atom is 0.238 e. The summed E-state index contributed by atoms with van der Waals surface area (Å²) in [6.07, 6.45) is 0. The highest BCUT2D eigenvalue weighted by atomic mass is 35.5. The highest BCUT2D eigenvalue weighted by Crippen LogP contribution is 2.23. The zero-order valence-corrected chi connectivity index (χ0v) is 15.3. The molecule has 1 amide bonds. The molecule has 6 heteroatoms. The number of amides is 1. The summed E-state index contributed by atoms with van der Waals surface area (Å²) < 4.78 is 5.54. The predicted molar refractivity (Wildman–Crippen MR) is 104 cm³/mol. The van der Waals surface area contributed by atoms with E-state index >= 15 is 0 Å². The van der Waals surface area contributed by atoms with Gasteiger partial charge in [0.25, 0.3) is 0 Å². The van der Waals surface area contributed by atoms with Gasteiger partial charge in [-0.25, -0.2) is 0 Å². The first-order valence-corrected chi connectivity index (χ1v) is 8.21. The van der Waals surface area contributed by atoms with Crippen LogP contribution < -0.4 is 15.8 Å². The maximum atomic E-state index is 12.4. The van der Waals surface area contributed by atoms with Crippen molar-refractivity contribution in [2.75, 3.05) is 31.6 Å².